The molecule has 3 nitrogen and oxygen atoms in total. The van der Waals surface area contributed by atoms with E-state index in [9.17, 15) is 13.6 Å². The number of aromatic nitrogens is 1. The molecule has 5 heteroatoms. The van der Waals surface area contributed by atoms with Crippen LogP contribution in [0.25, 0.3) is 0 Å². The van der Waals surface area contributed by atoms with Gasteiger partial charge in [-0.15, -0.1) is 0 Å². The van der Waals surface area contributed by atoms with Crippen LogP contribution in [0.4, 0.5) is 8.78 Å². The van der Waals surface area contributed by atoms with Crippen LogP contribution in [0.3, 0.4) is 0 Å². The second kappa shape index (κ2) is 6.86. The van der Waals surface area contributed by atoms with Gasteiger partial charge in [0.1, 0.15) is 0 Å². The summed E-state index contributed by atoms with van der Waals surface area (Å²) in [5.41, 5.74) is 1.86. The van der Waals surface area contributed by atoms with Crippen LogP contribution in [-0.4, -0.2) is 28.8 Å². The second-order valence-electron chi connectivity index (χ2n) is 5.83. The maximum atomic E-state index is 12.8. The number of amides is 1. The zero-order chi connectivity index (χ0) is 16.2. The molecule has 1 aromatic heterocycles. The van der Waals surface area contributed by atoms with E-state index >= 15 is 0 Å². The van der Waals surface area contributed by atoms with Gasteiger partial charge < -0.3 is 4.90 Å². The quantitative estimate of drug-likeness (QED) is 0.817. The maximum Gasteiger partial charge on any atom is 0.255 e. The Morgan fingerprint density at radius 2 is 2.00 bits per heavy atom. The molecule has 120 valence electrons. The molecular weight excluding hydrogens is 298 g/mol. The van der Waals surface area contributed by atoms with Crippen LogP contribution in [0.1, 0.15) is 23.5 Å². The van der Waals surface area contributed by atoms with Crippen LogP contribution < -0.4 is 0 Å². The van der Waals surface area contributed by atoms with E-state index in [1.807, 2.05) is 42.5 Å². The molecule has 0 aliphatic heterocycles. The molecule has 2 unspecified atom stereocenters. The highest BCUT2D eigenvalue weighted by molar-refractivity contribution is 5.83. The Hall–Kier alpha value is -2.30. The SMILES string of the molecule is O=C(C1CC1c1cccnc1)N(Cc1ccccc1)CC(F)F. The summed E-state index contributed by atoms with van der Waals surface area (Å²) in [6.45, 7) is -0.301. The number of hydrogen-bond donors (Lipinski definition) is 0. The lowest BCUT2D eigenvalue weighted by atomic mass is 10.1. The van der Waals surface area contributed by atoms with E-state index in [1.54, 1.807) is 12.4 Å². The van der Waals surface area contributed by atoms with Crippen molar-refractivity contribution >= 4 is 5.91 Å². The molecule has 0 radical (unpaired) electrons. The van der Waals surface area contributed by atoms with Crippen LogP contribution in [-0.2, 0) is 11.3 Å². The predicted molar refractivity (Wildman–Crippen MR) is 82.9 cm³/mol. The molecule has 1 amide bonds. The minimum atomic E-state index is -2.53. The first kappa shape index (κ1) is 15.6. The first-order valence-corrected chi connectivity index (χ1v) is 7.66. The highest BCUT2D eigenvalue weighted by atomic mass is 19.3. The van der Waals surface area contributed by atoms with Gasteiger partial charge in [-0.05, 0) is 29.5 Å². The number of benzene rings is 1. The monoisotopic (exact) mass is 316 g/mol. The molecule has 1 saturated carbocycles. The summed E-state index contributed by atoms with van der Waals surface area (Å²) in [7, 11) is 0. The van der Waals surface area contributed by atoms with E-state index in [0.29, 0.717) is 6.42 Å². The molecule has 2 atom stereocenters. The van der Waals surface area contributed by atoms with E-state index in [-0.39, 0.29) is 24.3 Å². The minimum absolute atomic E-state index is 0.104. The van der Waals surface area contributed by atoms with Gasteiger partial charge in [0.25, 0.3) is 6.43 Å². The average molecular weight is 316 g/mol. The van der Waals surface area contributed by atoms with Crippen molar-refractivity contribution < 1.29 is 13.6 Å². The lowest BCUT2D eigenvalue weighted by Gasteiger charge is -2.22. The van der Waals surface area contributed by atoms with Gasteiger partial charge in [-0.25, -0.2) is 8.78 Å². The fourth-order valence-corrected chi connectivity index (χ4v) is 2.87. The molecule has 0 saturated heterocycles. The van der Waals surface area contributed by atoms with Crippen molar-refractivity contribution in [3.8, 4) is 0 Å². The molecule has 2 aromatic rings. The molecule has 3 rings (SSSR count). The molecule has 0 spiro atoms. The topological polar surface area (TPSA) is 33.2 Å². The van der Waals surface area contributed by atoms with Crippen LogP contribution in [0, 0.1) is 5.92 Å². The lowest BCUT2D eigenvalue weighted by Crippen LogP contribution is -2.36. The van der Waals surface area contributed by atoms with E-state index in [2.05, 4.69) is 4.98 Å². The summed E-state index contributed by atoms with van der Waals surface area (Å²) in [5, 5.41) is 0. The standard InChI is InChI=1S/C18H18F2N2O/c19-17(20)12-22(11-13-5-2-1-3-6-13)18(23)16-9-15(16)14-7-4-8-21-10-14/h1-8,10,15-17H,9,11-12H2. The van der Waals surface area contributed by atoms with Gasteiger partial charge in [0, 0.05) is 24.9 Å². The van der Waals surface area contributed by atoms with Gasteiger partial charge in [-0.1, -0.05) is 36.4 Å². The first-order chi connectivity index (χ1) is 11.1. The van der Waals surface area contributed by atoms with Gasteiger partial charge >= 0.3 is 0 Å². The van der Waals surface area contributed by atoms with E-state index < -0.39 is 13.0 Å². The smallest absolute Gasteiger partial charge is 0.255 e. The van der Waals surface area contributed by atoms with Crippen molar-refractivity contribution in [2.45, 2.75) is 25.3 Å². The van der Waals surface area contributed by atoms with Crippen molar-refractivity contribution in [1.29, 1.82) is 0 Å². The van der Waals surface area contributed by atoms with Crippen molar-refractivity contribution in [1.82, 2.24) is 9.88 Å². The van der Waals surface area contributed by atoms with Gasteiger partial charge in [0.2, 0.25) is 5.91 Å². The Morgan fingerprint density at radius 3 is 2.65 bits per heavy atom. The molecule has 1 aliphatic carbocycles. The normalized spacial score (nSPS) is 19.6. The molecule has 23 heavy (non-hydrogen) atoms. The van der Waals surface area contributed by atoms with Gasteiger partial charge in [-0.2, -0.15) is 0 Å². The molecule has 1 aliphatic rings. The van der Waals surface area contributed by atoms with Crippen LogP contribution in [0.5, 0.6) is 0 Å². The summed E-state index contributed by atoms with van der Waals surface area (Å²) in [4.78, 5) is 17.9. The number of carbonyl (C=O) groups excluding carboxylic acids is 1. The summed E-state index contributed by atoms with van der Waals surface area (Å²) >= 11 is 0. The highest BCUT2D eigenvalue weighted by Gasteiger charge is 2.46. The van der Waals surface area contributed by atoms with E-state index in [1.165, 1.54) is 4.90 Å². The van der Waals surface area contributed by atoms with Crippen molar-refractivity contribution in [2.75, 3.05) is 6.54 Å². The molecule has 1 aromatic carbocycles. The predicted octanol–water partition coefficient (Wildman–Crippen LogP) is 3.48. The van der Waals surface area contributed by atoms with Crippen molar-refractivity contribution in [3.63, 3.8) is 0 Å². The Balaban J connectivity index is 1.69. The highest BCUT2D eigenvalue weighted by Crippen LogP contribution is 2.48. The van der Waals surface area contributed by atoms with Crippen LogP contribution in [0.15, 0.2) is 54.9 Å². The maximum absolute atomic E-state index is 12.8. The Labute approximate surface area is 134 Å². The first-order valence-electron chi connectivity index (χ1n) is 7.66. The molecule has 1 fully saturated rings. The third-order valence-electron chi connectivity index (χ3n) is 4.11. The number of rotatable bonds is 6. The summed E-state index contributed by atoms with van der Waals surface area (Å²) in [5.74, 6) is -0.295. The average Bonchev–Trinajstić information content (AvgIpc) is 3.35. The fraction of sp³-hybridized carbons (Fsp3) is 0.333. The van der Waals surface area contributed by atoms with E-state index in [4.69, 9.17) is 0 Å². The zero-order valence-corrected chi connectivity index (χ0v) is 12.6. The number of halogens is 2. The minimum Gasteiger partial charge on any atom is -0.332 e. The fourth-order valence-electron chi connectivity index (χ4n) is 2.87. The zero-order valence-electron chi connectivity index (χ0n) is 12.6. The third kappa shape index (κ3) is 3.92. The Bertz CT molecular complexity index is 649. The Kier molecular flexibility index (Phi) is 4.65. The Morgan fingerprint density at radius 1 is 1.22 bits per heavy atom. The van der Waals surface area contributed by atoms with Crippen LogP contribution in [0.2, 0.25) is 0 Å². The van der Waals surface area contributed by atoms with Crippen LogP contribution >= 0.6 is 0 Å². The third-order valence-corrected chi connectivity index (χ3v) is 4.11. The molecule has 0 N–H and O–H groups in total. The number of alkyl halides is 2. The summed E-state index contributed by atoms with van der Waals surface area (Å²) < 4.78 is 25.7. The largest absolute Gasteiger partial charge is 0.332 e. The van der Waals surface area contributed by atoms with Gasteiger partial charge in [0.15, 0.2) is 0 Å². The molecule has 0 bridgehead atoms. The number of hydrogen-bond acceptors (Lipinski definition) is 2. The summed E-state index contributed by atoms with van der Waals surface area (Å²) in [6.07, 6.45) is 1.60. The lowest BCUT2D eigenvalue weighted by molar-refractivity contribution is -0.135. The van der Waals surface area contributed by atoms with E-state index in [0.717, 1.165) is 11.1 Å². The molecule has 1 heterocycles. The number of nitrogens with zero attached hydrogens (tertiary/aromatic N) is 2. The van der Waals surface area contributed by atoms with Crippen molar-refractivity contribution in [2.24, 2.45) is 5.92 Å². The van der Waals surface area contributed by atoms with Crippen molar-refractivity contribution in [3.05, 3.63) is 66.0 Å². The van der Waals surface area contributed by atoms with Gasteiger partial charge in [-0.3, -0.25) is 9.78 Å². The number of carbonyl (C=O) groups is 1. The second-order valence-corrected chi connectivity index (χ2v) is 5.83. The molecular formula is C18H18F2N2O. The summed E-state index contributed by atoms with van der Waals surface area (Å²) in [6, 6.07) is 13.0. The number of pyridine rings is 1. The van der Waals surface area contributed by atoms with Gasteiger partial charge in [0.05, 0.1) is 6.54 Å².